The molecule has 1 saturated heterocycles. The van der Waals surface area contributed by atoms with E-state index in [2.05, 4.69) is 25.8 Å². The predicted octanol–water partition coefficient (Wildman–Crippen LogP) is 5.38. The second kappa shape index (κ2) is 10.2. The molecule has 2 aromatic carbocycles. The number of carboxylic acids is 1. The number of carboxylic acid groups (broad SMARTS) is 1. The Hall–Kier alpha value is -4.37. The highest BCUT2D eigenvalue weighted by atomic mass is 32.1. The van der Waals surface area contributed by atoms with Gasteiger partial charge in [0.15, 0.2) is 5.11 Å². The number of rotatable bonds is 7. The van der Waals surface area contributed by atoms with Gasteiger partial charge in [0.2, 0.25) is 0 Å². The topological polar surface area (TPSA) is 88.9 Å². The van der Waals surface area contributed by atoms with Gasteiger partial charge in [0.25, 0.3) is 0 Å². The minimum Gasteiger partial charge on any atom is -0.497 e. The lowest BCUT2D eigenvalue weighted by atomic mass is 9.96. The highest BCUT2D eigenvalue weighted by Crippen LogP contribution is 2.47. The zero-order valence-electron chi connectivity index (χ0n) is 21.5. The van der Waals surface area contributed by atoms with Crippen molar-refractivity contribution in [2.24, 2.45) is 0 Å². The minimum atomic E-state index is -0.966. The van der Waals surface area contributed by atoms with Crippen molar-refractivity contribution in [3.63, 3.8) is 0 Å². The number of thiocarbonyl (C=S) groups is 1. The average Bonchev–Trinajstić information content (AvgIpc) is 3.43. The Balaban J connectivity index is 1.71. The molecule has 1 fully saturated rings. The summed E-state index contributed by atoms with van der Waals surface area (Å²) < 4.78 is 13.3. The van der Waals surface area contributed by atoms with Crippen molar-refractivity contribution in [2.45, 2.75) is 25.9 Å². The molecule has 0 bridgehead atoms. The second-order valence-corrected chi connectivity index (χ2v) is 9.44. The number of carbonyl (C=O) groups is 1. The van der Waals surface area contributed by atoms with Gasteiger partial charge in [0.05, 0.1) is 43.2 Å². The van der Waals surface area contributed by atoms with Crippen LogP contribution < -0.4 is 19.7 Å². The number of hydrogen-bond acceptors (Lipinski definition) is 5. The van der Waals surface area contributed by atoms with Gasteiger partial charge in [-0.1, -0.05) is 12.1 Å². The van der Waals surface area contributed by atoms with E-state index in [1.165, 1.54) is 0 Å². The number of aryl methyl sites for hydroxylation is 1. The van der Waals surface area contributed by atoms with Crippen LogP contribution in [0.1, 0.15) is 45.1 Å². The quantitative estimate of drug-likeness (QED) is 0.309. The lowest BCUT2D eigenvalue weighted by Gasteiger charge is -2.29. The number of nitrogens with one attached hydrogen (secondary N) is 1. The summed E-state index contributed by atoms with van der Waals surface area (Å²) in [6.45, 7) is 4.05. The molecule has 9 heteroatoms. The molecule has 3 heterocycles. The highest BCUT2D eigenvalue weighted by molar-refractivity contribution is 7.80. The van der Waals surface area contributed by atoms with E-state index in [-0.39, 0.29) is 17.6 Å². The fourth-order valence-electron chi connectivity index (χ4n) is 5.18. The first-order chi connectivity index (χ1) is 18.3. The van der Waals surface area contributed by atoms with Crippen LogP contribution in [0.4, 0.5) is 5.69 Å². The number of ether oxygens (including phenoxy) is 2. The Morgan fingerprint density at radius 3 is 2.53 bits per heavy atom. The van der Waals surface area contributed by atoms with Crippen molar-refractivity contribution in [1.82, 2.24) is 14.9 Å². The number of aromatic nitrogens is 2. The molecule has 1 aliphatic heterocycles. The van der Waals surface area contributed by atoms with Crippen LogP contribution in [0.2, 0.25) is 0 Å². The number of pyridine rings is 1. The van der Waals surface area contributed by atoms with E-state index >= 15 is 0 Å². The summed E-state index contributed by atoms with van der Waals surface area (Å²) in [5, 5.41) is 13.6. The maximum Gasteiger partial charge on any atom is 0.335 e. The first-order valence-electron chi connectivity index (χ1n) is 12.1. The van der Waals surface area contributed by atoms with Gasteiger partial charge in [-0.2, -0.15) is 0 Å². The van der Waals surface area contributed by atoms with Crippen molar-refractivity contribution in [2.75, 3.05) is 19.1 Å². The summed E-state index contributed by atoms with van der Waals surface area (Å²) in [6, 6.07) is 20.0. The summed E-state index contributed by atoms with van der Waals surface area (Å²) in [7, 11) is 3.25. The number of nitrogens with zero attached hydrogens (tertiary/aromatic N) is 3. The summed E-state index contributed by atoms with van der Waals surface area (Å²) in [6.07, 6.45) is 1.77. The molecule has 0 spiro atoms. The van der Waals surface area contributed by atoms with Crippen LogP contribution in [-0.4, -0.2) is 40.0 Å². The lowest BCUT2D eigenvalue weighted by molar-refractivity contribution is 0.0697. The van der Waals surface area contributed by atoms with Gasteiger partial charge in [-0.05, 0) is 80.2 Å². The normalized spacial score (nSPS) is 16.8. The fourth-order valence-corrected chi connectivity index (χ4v) is 5.52. The van der Waals surface area contributed by atoms with Crippen LogP contribution in [0.15, 0.2) is 72.9 Å². The van der Waals surface area contributed by atoms with E-state index in [4.69, 9.17) is 21.7 Å². The summed E-state index contributed by atoms with van der Waals surface area (Å²) in [4.78, 5) is 18.3. The molecule has 0 aliphatic carbocycles. The fraction of sp³-hybridized carbons (Fsp3) is 0.207. The van der Waals surface area contributed by atoms with Crippen molar-refractivity contribution in [1.29, 1.82) is 0 Å². The van der Waals surface area contributed by atoms with E-state index in [0.717, 1.165) is 34.0 Å². The van der Waals surface area contributed by atoms with Crippen molar-refractivity contribution >= 4 is 29.0 Å². The summed E-state index contributed by atoms with van der Waals surface area (Å²) in [5.41, 5.74) is 5.59. The molecule has 0 saturated carbocycles. The van der Waals surface area contributed by atoms with E-state index < -0.39 is 5.97 Å². The molecule has 1 aliphatic rings. The van der Waals surface area contributed by atoms with Crippen LogP contribution in [0, 0.1) is 13.8 Å². The van der Waals surface area contributed by atoms with Crippen LogP contribution in [0.3, 0.4) is 0 Å². The van der Waals surface area contributed by atoms with Crippen LogP contribution in [0.25, 0.3) is 5.69 Å². The molecular weight excluding hydrogens is 500 g/mol. The third kappa shape index (κ3) is 4.35. The first kappa shape index (κ1) is 25.3. The average molecular weight is 529 g/mol. The molecule has 4 aromatic rings. The number of anilines is 1. The van der Waals surface area contributed by atoms with Gasteiger partial charge < -0.3 is 29.4 Å². The number of methoxy groups -OCH3 is 2. The molecule has 0 radical (unpaired) electrons. The number of hydrogen-bond donors (Lipinski definition) is 2. The molecule has 8 nitrogen and oxygen atoms in total. The third-order valence-corrected chi connectivity index (χ3v) is 7.20. The molecule has 2 N–H and O–H groups in total. The van der Waals surface area contributed by atoms with Crippen molar-refractivity contribution < 1.29 is 19.4 Å². The van der Waals surface area contributed by atoms with Gasteiger partial charge in [-0.15, -0.1) is 0 Å². The molecule has 2 unspecified atom stereocenters. The predicted molar refractivity (Wildman–Crippen MR) is 150 cm³/mol. The maximum absolute atomic E-state index is 11.6. The van der Waals surface area contributed by atoms with Crippen LogP contribution in [-0.2, 0) is 0 Å². The van der Waals surface area contributed by atoms with Gasteiger partial charge in [-0.3, -0.25) is 4.98 Å². The maximum atomic E-state index is 11.6. The Bertz CT molecular complexity index is 1520. The highest BCUT2D eigenvalue weighted by Gasteiger charge is 2.43. The Morgan fingerprint density at radius 2 is 1.84 bits per heavy atom. The lowest BCUT2D eigenvalue weighted by Crippen LogP contribution is -2.30. The molecule has 5 rings (SSSR count). The van der Waals surface area contributed by atoms with Gasteiger partial charge in [0, 0.05) is 29.3 Å². The van der Waals surface area contributed by atoms with Gasteiger partial charge >= 0.3 is 5.97 Å². The molecule has 2 aromatic heterocycles. The zero-order valence-corrected chi connectivity index (χ0v) is 22.3. The van der Waals surface area contributed by atoms with Crippen LogP contribution in [0.5, 0.6) is 11.5 Å². The Morgan fingerprint density at radius 1 is 1.03 bits per heavy atom. The largest absolute Gasteiger partial charge is 0.497 e. The zero-order chi connectivity index (χ0) is 27.0. The van der Waals surface area contributed by atoms with Gasteiger partial charge in [0.1, 0.15) is 11.5 Å². The molecular formula is C29H28N4O4S. The molecule has 0 amide bonds. The van der Waals surface area contributed by atoms with Crippen LogP contribution >= 0.6 is 12.2 Å². The monoisotopic (exact) mass is 528 g/mol. The minimum absolute atomic E-state index is 0.231. The molecule has 2 atom stereocenters. The van der Waals surface area contributed by atoms with Gasteiger partial charge in [-0.25, -0.2) is 4.79 Å². The van der Waals surface area contributed by atoms with E-state index in [1.807, 2.05) is 56.3 Å². The van der Waals surface area contributed by atoms with E-state index in [0.29, 0.717) is 16.6 Å². The van der Waals surface area contributed by atoms with Crippen molar-refractivity contribution in [3.8, 4) is 17.2 Å². The summed E-state index contributed by atoms with van der Waals surface area (Å²) in [5.74, 6) is 0.371. The van der Waals surface area contributed by atoms with Crippen molar-refractivity contribution in [3.05, 3.63) is 101 Å². The number of aromatic carboxylic acids is 1. The molecule has 38 heavy (non-hydrogen) atoms. The van der Waals surface area contributed by atoms with E-state index in [9.17, 15) is 9.90 Å². The second-order valence-electron chi connectivity index (χ2n) is 9.05. The molecule has 194 valence electrons. The van der Waals surface area contributed by atoms with E-state index in [1.54, 1.807) is 38.6 Å². The third-order valence-electron chi connectivity index (χ3n) is 6.88. The Kier molecular flexibility index (Phi) is 6.77. The number of benzene rings is 2. The first-order valence-corrected chi connectivity index (χ1v) is 12.5. The smallest absolute Gasteiger partial charge is 0.335 e. The standard InChI is InChI=1S/C29H28N4O4S/c1-17-14-22(18(2)32(17)20-9-7-8-19(15-20)28(34)35)27-26(23-10-5-6-13-30-23)31-29(38)33(27)24-16-21(36-3)11-12-25(24)37-4/h5-16,26-27H,1-4H3,(H,31,38)(H,34,35). The summed E-state index contributed by atoms with van der Waals surface area (Å²) >= 11 is 5.90. The Labute approximate surface area is 226 Å². The SMILES string of the molecule is COc1ccc(OC)c(N2C(=S)NC(c3ccccn3)C2c2cc(C)n(-c3cccc(C(=O)O)c3)c2C)c1.